The molecular weight excluding hydrogens is 472 g/mol. The summed E-state index contributed by atoms with van der Waals surface area (Å²) >= 11 is 4.12. The number of methoxy groups -OCH3 is 1. The van der Waals surface area contributed by atoms with E-state index in [-0.39, 0.29) is 11.4 Å². The SMILES string of the molecule is CCOc1c(/C=C2/SC(=O)N(CC(=O)Nc3ccccc3Br)C2=O)cccc1OC. The summed E-state index contributed by atoms with van der Waals surface area (Å²) in [5, 5.41) is 2.18. The lowest BCUT2D eigenvalue weighted by molar-refractivity contribution is -0.127. The van der Waals surface area contributed by atoms with Crippen LogP contribution in [0.2, 0.25) is 0 Å². The molecule has 0 radical (unpaired) electrons. The van der Waals surface area contributed by atoms with E-state index in [9.17, 15) is 14.4 Å². The first-order chi connectivity index (χ1) is 14.4. The zero-order valence-electron chi connectivity index (χ0n) is 16.3. The lowest BCUT2D eigenvalue weighted by Gasteiger charge is -2.13. The number of nitrogens with zero attached hydrogens (tertiary/aromatic N) is 1. The molecule has 1 N–H and O–H groups in total. The number of benzene rings is 2. The van der Waals surface area contributed by atoms with E-state index in [0.717, 1.165) is 16.7 Å². The van der Waals surface area contributed by atoms with E-state index in [1.807, 2.05) is 13.0 Å². The number of hydrogen-bond acceptors (Lipinski definition) is 6. The summed E-state index contributed by atoms with van der Waals surface area (Å²) in [6, 6.07) is 12.4. The third-order valence-corrected chi connectivity index (χ3v) is 5.73. The smallest absolute Gasteiger partial charge is 0.294 e. The molecule has 1 aliphatic rings. The molecule has 1 heterocycles. The van der Waals surface area contributed by atoms with Crippen molar-refractivity contribution in [2.24, 2.45) is 0 Å². The van der Waals surface area contributed by atoms with Crippen molar-refractivity contribution in [2.75, 3.05) is 25.6 Å². The number of halogens is 1. The van der Waals surface area contributed by atoms with Crippen molar-refractivity contribution in [1.29, 1.82) is 0 Å². The van der Waals surface area contributed by atoms with Gasteiger partial charge in [-0.1, -0.05) is 24.3 Å². The van der Waals surface area contributed by atoms with Crippen LogP contribution in [0, 0.1) is 0 Å². The Labute approximate surface area is 186 Å². The van der Waals surface area contributed by atoms with Gasteiger partial charge in [0.1, 0.15) is 6.54 Å². The first-order valence-electron chi connectivity index (χ1n) is 9.04. The molecule has 156 valence electrons. The second kappa shape index (κ2) is 9.82. The number of imide groups is 1. The Kier molecular flexibility index (Phi) is 7.17. The molecule has 1 fully saturated rings. The molecule has 1 aliphatic heterocycles. The monoisotopic (exact) mass is 490 g/mol. The van der Waals surface area contributed by atoms with Crippen LogP contribution >= 0.6 is 27.7 Å². The van der Waals surface area contributed by atoms with Crippen LogP contribution in [0.4, 0.5) is 10.5 Å². The molecule has 9 heteroatoms. The predicted octanol–water partition coefficient (Wildman–Crippen LogP) is 4.53. The van der Waals surface area contributed by atoms with Crippen molar-refractivity contribution in [3.8, 4) is 11.5 Å². The van der Waals surface area contributed by atoms with Gasteiger partial charge < -0.3 is 14.8 Å². The van der Waals surface area contributed by atoms with Crippen LogP contribution in [-0.2, 0) is 9.59 Å². The normalized spacial score (nSPS) is 14.9. The van der Waals surface area contributed by atoms with Crippen LogP contribution in [0.25, 0.3) is 6.08 Å². The van der Waals surface area contributed by atoms with Gasteiger partial charge in [-0.2, -0.15) is 0 Å². The molecule has 3 rings (SSSR count). The standard InChI is InChI=1S/C21H19BrN2O5S/c1-3-29-19-13(7-6-10-16(19)28-2)11-17-20(26)24(21(27)30-17)12-18(25)23-15-9-5-4-8-14(15)22/h4-11H,3,12H2,1-2H3,(H,23,25)/b17-11+. The highest BCUT2D eigenvalue weighted by Gasteiger charge is 2.36. The molecule has 2 aromatic rings. The summed E-state index contributed by atoms with van der Waals surface area (Å²) < 4.78 is 11.7. The van der Waals surface area contributed by atoms with Gasteiger partial charge >= 0.3 is 0 Å². The number of para-hydroxylation sites is 2. The van der Waals surface area contributed by atoms with E-state index in [1.165, 1.54) is 7.11 Å². The van der Waals surface area contributed by atoms with Gasteiger partial charge in [-0.25, -0.2) is 0 Å². The first kappa shape index (κ1) is 21.9. The van der Waals surface area contributed by atoms with Crippen molar-refractivity contribution < 1.29 is 23.9 Å². The third kappa shape index (κ3) is 4.85. The van der Waals surface area contributed by atoms with Crippen LogP contribution in [0.15, 0.2) is 51.8 Å². The summed E-state index contributed by atoms with van der Waals surface area (Å²) in [6.07, 6.45) is 1.57. The summed E-state index contributed by atoms with van der Waals surface area (Å²) in [5.41, 5.74) is 1.17. The zero-order valence-corrected chi connectivity index (χ0v) is 18.7. The van der Waals surface area contributed by atoms with Gasteiger partial charge in [-0.3, -0.25) is 19.3 Å². The number of thioether (sulfide) groups is 1. The van der Waals surface area contributed by atoms with Gasteiger partial charge in [0.25, 0.3) is 11.1 Å². The number of amides is 3. The number of carbonyl (C=O) groups excluding carboxylic acids is 3. The number of hydrogen-bond donors (Lipinski definition) is 1. The maximum absolute atomic E-state index is 12.8. The van der Waals surface area contributed by atoms with Gasteiger partial charge in [0.05, 0.1) is 24.3 Å². The average molecular weight is 491 g/mol. The molecule has 0 unspecified atom stereocenters. The number of carbonyl (C=O) groups is 3. The van der Waals surface area contributed by atoms with E-state index < -0.39 is 17.1 Å². The Balaban J connectivity index is 1.78. The fourth-order valence-corrected chi connectivity index (χ4v) is 3.99. The fourth-order valence-electron chi connectivity index (χ4n) is 2.78. The quantitative estimate of drug-likeness (QED) is 0.573. The first-order valence-corrected chi connectivity index (χ1v) is 10.6. The van der Waals surface area contributed by atoms with E-state index in [2.05, 4.69) is 21.2 Å². The maximum atomic E-state index is 12.8. The van der Waals surface area contributed by atoms with Gasteiger partial charge in [0.15, 0.2) is 11.5 Å². The largest absolute Gasteiger partial charge is 0.493 e. The molecule has 2 aromatic carbocycles. The van der Waals surface area contributed by atoms with Crippen molar-refractivity contribution in [3.63, 3.8) is 0 Å². The lowest BCUT2D eigenvalue weighted by Crippen LogP contribution is -2.36. The van der Waals surface area contributed by atoms with Crippen LogP contribution in [0.5, 0.6) is 11.5 Å². The number of anilines is 1. The van der Waals surface area contributed by atoms with E-state index >= 15 is 0 Å². The number of rotatable bonds is 7. The summed E-state index contributed by atoms with van der Waals surface area (Å²) in [5.74, 6) is 0.0120. The third-order valence-electron chi connectivity index (χ3n) is 4.13. The molecular formula is C21H19BrN2O5S. The Morgan fingerprint density at radius 2 is 1.97 bits per heavy atom. The molecule has 0 aliphatic carbocycles. The Morgan fingerprint density at radius 3 is 2.67 bits per heavy atom. The van der Waals surface area contributed by atoms with Crippen LogP contribution in [-0.4, -0.2) is 42.2 Å². The van der Waals surface area contributed by atoms with Crippen molar-refractivity contribution in [2.45, 2.75) is 6.92 Å². The van der Waals surface area contributed by atoms with Crippen LogP contribution in [0.3, 0.4) is 0 Å². The molecule has 0 bridgehead atoms. The van der Waals surface area contributed by atoms with Gasteiger partial charge in [-0.15, -0.1) is 0 Å². The highest BCUT2D eigenvalue weighted by Crippen LogP contribution is 2.37. The highest BCUT2D eigenvalue weighted by molar-refractivity contribution is 9.10. The molecule has 3 amide bonds. The van der Waals surface area contributed by atoms with E-state index in [1.54, 1.807) is 42.5 Å². The minimum atomic E-state index is -0.530. The second-order valence-corrected chi connectivity index (χ2v) is 7.96. The minimum absolute atomic E-state index is 0.211. The minimum Gasteiger partial charge on any atom is -0.493 e. The molecule has 0 spiro atoms. The summed E-state index contributed by atoms with van der Waals surface area (Å²) in [6.45, 7) is 1.88. The van der Waals surface area contributed by atoms with Crippen LogP contribution < -0.4 is 14.8 Å². The Hall–Kier alpha value is -2.78. The summed E-state index contributed by atoms with van der Waals surface area (Å²) in [7, 11) is 1.53. The van der Waals surface area contributed by atoms with Crippen LogP contribution in [0.1, 0.15) is 12.5 Å². The fraction of sp³-hybridized carbons (Fsp3) is 0.190. The molecule has 7 nitrogen and oxygen atoms in total. The topological polar surface area (TPSA) is 84.9 Å². The van der Waals surface area contributed by atoms with Gasteiger partial charge in [0.2, 0.25) is 5.91 Å². The number of nitrogens with one attached hydrogen (secondary N) is 1. The van der Waals surface area contributed by atoms with Crippen molar-refractivity contribution >= 4 is 56.5 Å². The number of ether oxygens (including phenoxy) is 2. The highest BCUT2D eigenvalue weighted by atomic mass is 79.9. The Morgan fingerprint density at radius 1 is 1.20 bits per heavy atom. The average Bonchev–Trinajstić information content (AvgIpc) is 2.98. The molecule has 0 aromatic heterocycles. The van der Waals surface area contributed by atoms with Crippen molar-refractivity contribution in [1.82, 2.24) is 4.90 Å². The molecule has 1 saturated heterocycles. The molecule has 0 atom stereocenters. The Bertz CT molecular complexity index is 1020. The molecule has 30 heavy (non-hydrogen) atoms. The predicted molar refractivity (Wildman–Crippen MR) is 120 cm³/mol. The van der Waals surface area contributed by atoms with E-state index in [4.69, 9.17) is 9.47 Å². The second-order valence-electron chi connectivity index (χ2n) is 6.11. The molecule has 0 saturated carbocycles. The lowest BCUT2D eigenvalue weighted by atomic mass is 10.1. The zero-order chi connectivity index (χ0) is 21.7. The maximum Gasteiger partial charge on any atom is 0.294 e. The van der Waals surface area contributed by atoms with Crippen molar-refractivity contribution in [3.05, 3.63) is 57.4 Å². The van der Waals surface area contributed by atoms with Gasteiger partial charge in [-0.05, 0) is 58.9 Å². The van der Waals surface area contributed by atoms with Gasteiger partial charge in [0, 0.05) is 10.0 Å². The van der Waals surface area contributed by atoms with E-state index in [0.29, 0.717) is 33.8 Å². The summed E-state index contributed by atoms with van der Waals surface area (Å²) in [4.78, 5) is 38.6.